The number of carbonyl (C=O) groups is 3. The van der Waals surface area contributed by atoms with E-state index in [1.165, 1.54) is 83.5 Å². The number of hydrogen-bond donors (Lipinski definition) is 3. The zero-order valence-corrected chi connectivity index (χ0v) is 29.2. The van der Waals surface area contributed by atoms with Crippen LogP contribution < -0.4 is 11.1 Å². The van der Waals surface area contributed by atoms with E-state index in [-0.39, 0.29) is 18.0 Å². The fourth-order valence-electron chi connectivity index (χ4n) is 5.40. The lowest BCUT2D eigenvalue weighted by atomic mass is 10.1. The second-order valence-electron chi connectivity index (χ2n) is 12.6. The van der Waals surface area contributed by atoms with Crippen LogP contribution in [-0.4, -0.2) is 41.6 Å². The number of ether oxygens (including phenoxy) is 1. The first-order valence-electron chi connectivity index (χ1n) is 18.7. The number of carbonyl (C=O) groups excluding carboxylic acids is 2. The van der Waals surface area contributed by atoms with Crippen LogP contribution in [-0.2, 0) is 19.1 Å². The van der Waals surface area contributed by atoms with E-state index in [9.17, 15) is 19.5 Å². The van der Waals surface area contributed by atoms with Gasteiger partial charge in [-0.1, -0.05) is 128 Å². The molecule has 2 unspecified atom stereocenters. The summed E-state index contributed by atoms with van der Waals surface area (Å²) in [5.41, 5.74) is 5.47. The first-order valence-corrected chi connectivity index (χ1v) is 18.7. The molecule has 7 nitrogen and oxygen atoms in total. The van der Waals surface area contributed by atoms with Crippen molar-refractivity contribution in [3.05, 3.63) is 24.3 Å². The normalized spacial score (nSPS) is 13.0. The smallest absolute Gasteiger partial charge is 0.326 e. The van der Waals surface area contributed by atoms with E-state index in [1.807, 2.05) is 6.08 Å². The van der Waals surface area contributed by atoms with Crippen LogP contribution in [0.1, 0.15) is 181 Å². The minimum absolute atomic E-state index is 0.105. The summed E-state index contributed by atoms with van der Waals surface area (Å²) in [6, 6.07) is -0.871. The van der Waals surface area contributed by atoms with Crippen molar-refractivity contribution in [1.29, 1.82) is 0 Å². The van der Waals surface area contributed by atoms with Gasteiger partial charge in [-0.2, -0.15) is 0 Å². The molecule has 262 valence electrons. The van der Waals surface area contributed by atoms with Gasteiger partial charge >= 0.3 is 11.9 Å². The molecule has 0 bridgehead atoms. The Hall–Kier alpha value is -2.15. The first kappa shape index (κ1) is 42.9. The molecule has 0 fully saturated rings. The molecule has 0 radical (unpaired) electrons. The molecule has 0 saturated carbocycles. The summed E-state index contributed by atoms with van der Waals surface area (Å²) in [6.07, 6.45) is 35.1. The highest BCUT2D eigenvalue weighted by Gasteiger charge is 2.19. The lowest BCUT2D eigenvalue weighted by molar-refractivity contribution is -0.147. The molecule has 4 N–H and O–H groups in total. The van der Waals surface area contributed by atoms with Crippen molar-refractivity contribution in [2.45, 2.75) is 193 Å². The number of nitrogens with one attached hydrogen (secondary N) is 1. The van der Waals surface area contributed by atoms with Gasteiger partial charge in [0.2, 0.25) is 5.91 Å². The summed E-state index contributed by atoms with van der Waals surface area (Å²) in [6.45, 7) is 4.89. The van der Waals surface area contributed by atoms with E-state index in [2.05, 4.69) is 37.4 Å². The summed E-state index contributed by atoms with van der Waals surface area (Å²) in [5.74, 6) is -1.35. The number of carboxylic acid groups (broad SMARTS) is 1. The molecule has 0 aromatic carbocycles. The second kappa shape index (κ2) is 33.2. The molecule has 0 aliphatic rings. The summed E-state index contributed by atoms with van der Waals surface area (Å²) in [4.78, 5) is 36.1. The van der Waals surface area contributed by atoms with Gasteiger partial charge in [0.05, 0.1) is 0 Å². The molecule has 0 aromatic heterocycles. The van der Waals surface area contributed by atoms with Crippen molar-refractivity contribution in [2.24, 2.45) is 5.73 Å². The predicted molar refractivity (Wildman–Crippen MR) is 188 cm³/mol. The third kappa shape index (κ3) is 30.3. The molecule has 0 heterocycles. The van der Waals surface area contributed by atoms with Gasteiger partial charge in [-0.15, -0.1) is 0 Å². The van der Waals surface area contributed by atoms with E-state index < -0.39 is 12.0 Å². The van der Waals surface area contributed by atoms with Crippen molar-refractivity contribution in [3.63, 3.8) is 0 Å². The molecular weight excluding hydrogens is 564 g/mol. The Bertz CT molecular complexity index is 767. The molecule has 0 spiro atoms. The molecule has 1 amide bonds. The quantitative estimate of drug-likeness (QED) is 0.0376. The Labute approximate surface area is 276 Å². The van der Waals surface area contributed by atoms with Crippen molar-refractivity contribution >= 4 is 17.8 Å². The van der Waals surface area contributed by atoms with Crippen molar-refractivity contribution in [3.8, 4) is 0 Å². The first-order chi connectivity index (χ1) is 21.9. The third-order valence-corrected chi connectivity index (χ3v) is 8.25. The topological polar surface area (TPSA) is 119 Å². The molecule has 45 heavy (non-hydrogen) atoms. The Balaban J connectivity index is 4.42. The van der Waals surface area contributed by atoms with E-state index in [0.29, 0.717) is 38.6 Å². The molecule has 0 aliphatic heterocycles. The van der Waals surface area contributed by atoms with E-state index in [1.54, 1.807) is 0 Å². The molecule has 7 heteroatoms. The van der Waals surface area contributed by atoms with Gasteiger partial charge in [-0.25, -0.2) is 4.79 Å². The largest absolute Gasteiger partial charge is 0.480 e. The van der Waals surface area contributed by atoms with E-state index in [0.717, 1.165) is 51.4 Å². The number of rotatable bonds is 33. The predicted octanol–water partition coefficient (Wildman–Crippen LogP) is 9.72. The minimum atomic E-state index is -1.02. The van der Waals surface area contributed by atoms with Crippen LogP contribution in [0.15, 0.2) is 24.3 Å². The number of esters is 1. The Kier molecular flexibility index (Phi) is 31.6. The van der Waals surface area contributed by atoms with E-state index in [4.69, 9.17) is 10.5 Å². The summed E-state index contributed by atoms with van der Waals surface area (Å²) in [5, 5.41) is 11.9. The van der Waals surface area contributed by atoms with Crippen LogP contribution in [0.25, 0.3) is 0 Å². The van der Waals surface area contributed by atoms with Gasteiger partial charge < -0.3 is 20.9 Å². The van der Waals surface area contributed by atoms with Crippen LogP contribution in [0.4, 0.5) is 0 Å². The van der Waals surface area contributed by atoms with Gasteiger partial charge in [0.25, 0.3) is 0 Å². The van der Waals surface area contributed by atoms with Gasteiger partial charge in [0.1, 0.15) is 12.1 Å². The third-order valence-electron chi connectivity index (χ3n) is 8.25. The number of hydrogen-bond acceptors (Lipinski definition) is 5. The fraction of sp³-hybridized carbons (Fsp3) is 0.816. The molecule has 0 rings (SSSR count). The molecular formula is C38H70N2O5. The van der Waals surface area contributed by atoms with Gasteiger partial charge in [-0.05, 0) is 70.4 Å². The zero-order chi connectivity index (χ0) is 33.2. The average molecular weight is 635 g/mol. The SMILES string of the molecule is CCCCCC/C=C\C/C=C\C(CCCCCCC(=O)NC(CCCN)C(=O)O)OC(=O)CCCCCCCCCCCCC. The Morgan fingerprint density at radius 2 is 1.22 bits per heavy atom. The number of unbranched alkanes of at least 4 members (excludes halogenated alkanes) is 17. The number of aliphatic carboxylic acids is 1. The van der Waals surface area contributed by atoms with Crippen LogP contribution in [0.3, 0.4) is 0 Å². The highest BCUT2D eigenvalue weighted by molar-refractivity contribution is 5.83. The monoisotopic (exact) mass is 635 g/mol. The van der Waals surface area contributed by atoms with Crippen LogP contribution in [0.5, 0.6) is 0 Å². The standard InChI is InChI=1S/C38H70N2O5/c1-3-5-7-9-11-13-14-16-18-20-26-32-37(42)45-34(28-23-19-17-15-12-10-8-6-4-2)29-24-21-22-25-31-36(41)40-35(38(43)44)30-27-33-39/h15,17,23,28,34-35H,3-14,16,18-22,24-27,29-33,39H2,1-2H3,(H,40,41)(H,43,44)/b17-15-,28-23-. The molecule has 2 atom stereocenters. The summed E-state index contributed by atoms with van der Waals surface area (Å²) >= 11 is 0. The van der Waals surface area contributed by atoms with Crippen molar-refractivity contribution in [2.75, 3.05) is 6.54 Å². The van der Waals surface area contributed by atoms with Crippen LogP contribution in [0, 0.1) is 0 Å². The van der Waals surface area contributed by atoms with Crippen LogP contribution in [0.2, 0.25) is 0 Å². The van der Waals surface area contributed by atoms with Crippen molar-refractivity contribution in [1.82, 2.24) is 5.32 Å². The maximum absolute atomic E-state index is 12.6. The second-order valence-corrected chi connectivity index (χ2v) is 12.6. The van der Waals surface area contributed by atoms with Crippen molar-refractivity contribution < 1.29 is 24.2 Å². The highest BCUT2D eigenvalue weighted by atomic mass is 16.5. The average Bonchev–Trinajstić information content (AvgIpc) is 3.02. The number of allylic oxidation sites excluding steroid dienone is 3. The lowest BCUT2D eigenvalue weighted by Gasteiger charge is -2.15. The number of amides is 1. The molecule has 0 aromatic rings. The van der Waals surface area contributed by atoms with Gasteiger partial charge in [-0.3, -0.25) is 9.59 Å². The van der Waals surface area contributed by atoms with E-state index >= 15 is 0 Å². The molecule has 0 aliphatic carbocycles. The van der Waals surface area contributed by atoms with Crippen LogP contribution >= 0.6 is 0 Å². The lowest BCUT2D eigenvalue weighted by Crippen LogP contribution is -2.40. The Morgan fingerprint density at radius 1 is 0.667 bits per heavy atom. The summed E-state index contributed by atoms with van der Waals surface area (Å²) in [7, 11) is 0. The zero-order valence-electron chi connectivity index (χ0n) is 29.2. The van der Waals surface area contributed by atoms with Gasteiger partial charge in [0, 0.05) is 12.8 Å². The number of carboxylic acids is 1. The maximum atomic E-state index is 12.6. The maximum Gasteiger partial charge on any atom is 0.326 e. The fourth-order valence-corrected chi connectivity index (χ4v) is 5.40. The minimum Gasteiger partial charge on any atom is -0.480 e. The number of nitrogens with two attached hydrogens (primary N) is 1. The molecule has 0 saturated heterocycles. The van der Waals surface area contributed by atoms with Gasteiger partial charge in [0.15, 0.2) is 0 Å². The highest BCUT2D eigenvalue weighted by Crippen LogP contribution is 2.15. The Morgan fingerprint density at radius 3 is 1.82 bits per heavy atom. The summed E-state index contributed by atoms with van der Waals surface area (Å²) < 4.78 is 5.88.